The first-order valence-electron chi connectivity index (χ1n) is 4.69. The van der Waals surface area contributed by atoms with Crippen LogP contribution in [-0.4, -0.2) is 23.9 Å². The summed E-state index contributed by atoms with van der Waals surface area (Å²) in [5.74, 6) is 0.276. The summed E-state index contributed by atoms with van der Waals surface area (Å²) in [5.41, 5.74) is 2.61. The topological polar surface area (TPSA) is 52.5 Å². The molecule has 14 heavy (non-hydrogen) atoms. The summed E-state index contributed by atoms with van der Waals surface area (Å²) in [5, 5.41) is 22.0. The first kappa shape index (κ1) is 11.0. The lowest BCUT2D eigenvalue weighted by Gasteiger charge is -2.18. The summed E-state index contributed by atoms with van der Waals surface area (Å²) in [6, 6.07) is 3.62. The lowest BCUT2D eigenvalue weighted by atomic mass is 9.98. The summed E-state index contributed by atoms with van der Waals surface area (Å²) < 4.78 is 0. The fourth-order valence-electron chi connectivity index (χ4n) is 1.58. The predicted octanol–water partition coefficient (Wildman–Crippen LogP) is 1.26. The van der Waals surface area contributed by atoms with Gasteiger partial charge in [0.05, 0.1) is 12.6 Å². The maximum absolute atomic E-state index is 9.86. The molecule has 0 aliphatic rings. The van der Waals surface area contributed by atoms with Crippen molar-refractivity contribution in [3.63, 3.8) is 0 Å². The molecular formula is C11H17NO2. The number of likely N-dealkylation sites (N-methyl/N-ethyl adjacent to an activating group) is 1. The Morgan fingerprint density at radius 1 is 1.29 bits per heavy atom. The third kappa shape index (κ3) is 1.89. The van der Waals surface area contributed by atoms with Crippen LogP contribution in [0.15, 0.2) is 12.1 Å². The van der Waals surface area contributed by atoms with E-state index in [-0.39, 0.29) is 18.4 Å². The number of aryl methyl sites for hydroxylation is 2. The SMILES string of the molecule is CNC(CO)c1c(C)ccc(C)c1O. The summed E-state index contributed by atoms with van der Waals surface area (Å²) >= 11 is 0. The van der Waals surface area contributed by atoms with Gasteiger partial charge in [-0.05, 0) is 32.0 Å². The second-order valence-corrected chi connectivity index (χ2v) is 3.49. The second kappa shape index (κ2) is 4.44. The molecule has 0 saturated heterocycles. The Hall–Kier alpha value is -1.06. The summed E-state index contributed by atoms with van der Waals surface area (Å²) in [7, 11) is 1.77. The van der Waals surface area contributed by atoms with Gasteiger partial charge in [0.2, 0.25) is 0 Å². The van der Waals surface area contributed by atoms with Crippen molar-refractivity contribution in [2.45, 2.75) is 19.9 Å². The monoisotopic (exact) mass is 195 g/mol. The smallest absolute Gasteiger partial charge is 0.123 e. The zero-order valence-electron chi connectivity index (χ0n) is 8.83. The highest BCUT2D eigenvalue weighted by Gasteiger charge is 2.16. The van der Waals surface area contributed by atoms with Crippen molar-refractivity contribution < 1.29 is 10.2 Å². The Balaban J connectivity index is 3.23. The van der Waals surface area contributed by atoms with Gasteiger partial charge in [-0.3, -0.25) is 0 Å². The van der Waals surface area contributed by atoms with Gasteiger partial charge in [-0.2, -0.15) is 0 Å². The summed E-state index contributed by atoms with van der Waals surface area (Å²) in [6.45, 7) is 3.76. The Morgan fingerprint density at radius 3 is 2.36 bits per heavy atom. The molecule has 3 nitrogen and oxygen atoms in total. The van der Waals surface area contributed by atoms with Gasteiger partial charge in [-0.25, -0.2) is 0 Å². The second-order valence-electron chi connectivity index (χ2n) is 3.49. The van der Waals surface area contributed by atoms with Crippen LogP contribution >= 0.6 is 0 Å². The van der Waals surface area contributed by atoms with E-state index in [9.17, 15) is 5.11 Å². The number of aromatic hydroxyl groups is 1. The molecule has 0 aliphatic carbocycles. The zero-order valence-corrected chi connectivity index (χ0v) is 8.83. The highest BCUT2D eigenvalue weighted by molar-refractivity contribution is 5.46. The lowest BCUT2D eigenvalue weighted by Crippen LogP contribution is -2.21. The van der Waals surface area contributed by atoms with Crippen molar-refractivity contribution in [1.82, 2.24) is 5.32 Å². The molecule has 0 spiro atoms. The van der Waals surface area contributed by atoms with Gasteiger partial charge < -0.3 is 15.5 Å². The van der Waals surface area contributed by atoms with Gasteiger partial charge >= 0.3 is 0 Å². The van der Waals surface area contributed by atoms with E-state index >= 15 is 0 Å². The number of aliphatic hydroxyl groups excluding tert-OH is 1. The molecule has 1 rings (SSSR count). The van der Waals surface area contributed by atoms with Gasteiger partial charge in [0.25, 0.3) is 0 Å². The maximum atomic E-state index is 9.86. The van der Waals surface area contributed by atoms with Crippen LogP contribution in [0.4, 0.5) is 0 Å². The molecule has 0 aromatic heterocycles. The van der Waals surface area contributed by atoms with Crippen LogP contribution in [0.25, 0.3) is 0 Å². The van der Waals surface area contributed by atoms with Gasteiger partial charge in [0.1, 0.15) is 5.75 Å². The Labute approximate surface area is 84.4 Å². The minimum Gasteiger partial charge on any atom is -0.507 e. The number of hydrogen-bond donors (Lipinski definition) is 3. The first-order valence-corrected chi connectivity index (χ1v) is 4.69. The minimum atomic E-state index is -0.199. The highest BCUT2D eigenvalue weighted by Crippen LogP contribution is 2.30. The lowest BCUT2D eigenvalue weighted by molar-refractivity contribution is 0.247. The molecule has 3 N–H and O–H groups in total. The van der Waals surface area contributed by atoms with E-state index in [0.29, 0.717) is 0 Å². The normalized spacial score (nSPS) is 12.9. The molecule has 0 amide bonds. The Bertz CT molecular complexity index is 319. The van der Waals surface area contributed by atoms with Crippen LogP contribution in [0.3, 0.4) is 0 Å². The Kier molecular flexibility index (Phi) is 3.49. The van der Waals surface area contributed by atoms with E-state index in [2.05, 4.69) is 5.32 Å². The van der Waals surface area contributed by atoms with Crippen LogP contribution in [0, 0.1) is 13.8 Å². The van der Waals surface area contributed by atoms with Crippen molar-refractivity contribution in [1.29, 1.82) is 0 Å². The molecule has 78 valence electrons. The fourth-order valence-corrected chi connectivity index (χ4v) is 1.58. The predicted molar refractivity (Wildman–Crippen MR) is 56.5 cm³/mol. The molecule has 0 radical (unpaired) electrons. The van der Waals surface area contributed by atoms with E-state index in [1.54, 1.807) is 7.05 Å². The molecule has 1 aromatic rings. The molecule has 3 heteroatoms. The van der Waals surface area contributed by atoms with E-state index < -0.39 is 0 Å². The van der Waals surface area contributed by atoms with Gasteiger partial charge in [0.15, 0.2) is 0 Å². The van der Waals surface area contributed by atoms with Crippen molar-refractivity contribution >= 4 is 0 Å². The molecule has 0 aliphatic heterocycles. The van der Waals surface area contributed by atoms with Crippen LogP contribution in [0.1, 0.15) is 22.7 Å². The number of phenolic OH excluding ortho intramolecular Hbond substituents is 1. The number of rotatable bonds is 3. The maximum Gasteiger partial charge on any atom is 0.123 e. The third-order valence-corrected chi connectivity index (χ3v) is 2.52. The standard InChI is InChI=1S/C11H17NO2/c1-7-4-5-8(2)11(14)10(7)9(6-13)12-3/h4-5,9,12-14H,6H2,1-3H3. The number of nitrogens with one attached hydrogen (secondary N) is 1. The van der Waals surface area contributed by atoms with Gasteiger partial charge in [-0.1, -0.05) is 12.1 Å². The molecular weight excluding hydrogens is 178 g/mol. The van der Waals surface area contributed by atoms with Crippen LogP contribution in [0.5, 0.6) is 5.75 Å². The molecule has 0 heterocycles. The fraction of sp³-hybridized carbons (Fsp3) is 0.455. The van der Waals surface area contributed by atoms with E-state index in [1.165, 1.54) is 0 Å². The quantitative estimate of drug-likeness (QED) is 0.680. The minimum absolute atomic E-state index is 0.0195. The molecule has 0 bridgehead atoms. The van der Waals surface area contributed by atoms with Crippen molar-refractivity contribution in [3.8, 4) is 5.75 Å². The number of phenols is 1. The Morgan fingerprint density at radius 2 is 1.86 bits per heavy atom. The number of hydrogen-bond acceptors (Lipinski definition) is 3. The third-order valence-electron chi connectivity index (χ3n) is 2.52. The van der Waals surface area contributed by atoms with Gasteiger partial charge in [-0.15, -0.1) is 0 Å². The average molecular weight is 195 g/mol. The van der Waals surface area contributed by atoms with Crippen molar-refractivity contribution in [2.75, 3.05) is 13.7 Å². The van der Waals surface area contributed by atoms with E-state index in [0.717, 1.165) is 16.7 Å². The van der Waals surface area contributed by atoms with E-state index in [1.807, 2.05) is 26.0 Å². The molecule has 1 atom stereocenters. The number of aliphatic hydroxyl groups is 1. The van der Waals surface area contributed by atoms with Crippen LogP contribution < -0.4 is 5.32 Å². The molecule has 1 unspecified atom stereocenters. The zero-order chi connectivity index (χ0) is 10.7. The van der Waals surface area contributed by atoms with Crippen LogP contribution in [-0.2, 0) is 0 Å². The summed E-state index contributed by atoms with van der Waals surface area (Å²) in [4.78, 5) is 0. The average Bonchev–Trinajstić information content (AvgIpc) is 2.19. The summed E-state index contributed by atoms with van der Waals surface area (Å²) in [6.07, 6.45) is 0. The van der Waals surface area contributed by atoms with Crippen molar-refractivity contribution in [3.05, 3.63) is 28.8 Å². The molecule has 1 aromatic carbocycles. The van der Waals surface area contributed by atoms with Crippen molar-refractivity contribution in [2.24, 2.45) is 0 Å². The molecule has 0 saturated carbocycles. The number of benzene rings is 1. The van der Waals surface area contributed by atoms with Crippen LogP contribution in [0.2, 0.25) is 0 Å². The first-order chi connectivity index (χ1) is 6.61. The van der Waals surface area contributed by atoms with Gasteiger partial charge in [0, 0.05) is 5.56 Å². The van der Waals surface area contributed by atoms with E-state index in [4.69, 9.17) is 5.11 Å². The largest absolute Gasteiger partial charge is 0.507 e. The highest BCUT2D eigenvalue weighted by atomic mass is 16.3. The molecule has 0 fully saturated rings.